The van der Waals surface area contributed by atoms with Crippen molar-refractivity contribution in [2.45, 2.75) is 58.2 Å². The van der Waals surface area contributed by atoms with Crippen molar-refractivity contribution in [3.63, 3.8) is 0 Å². The summed E-state index contributed by atoms with van der Waals surface area (Å²) in [7, 11) is 0. The molecule has 0 spiro atoms. The van der Waals surface area contributed by atoms with Crippen LogP contribution in [0.4, 0.5) is 0 Å². The highest BCUT2D eigenvalue weighted by Gasteiger charge is 2.19. The maximum absolute atomic E-state index is 3.93. The van der Waals surface area contributed by atoms with Crippen LogP contribution in [-0.2, 0) is 12.8 Å². The van der Waals surface area contributed by atoms with Gasteiger partial charge in [0.1, 0.15) is 0 Å². The normalized spacial score (nSPS) is 13.1. The molecule has 0 saturated carbocycles. The molecule has 1 aromatic carbocycles. The molecule has 0 saturated heterocycles. The Hall–Kier alpha value is -0.300. The van der Waals surface area contributed by atoms with Gasteiger partial charge in [-0.05, 0) is 35.4 Å². The minimum Gasteiger partial charge on any atom is -0.0836 e. The molecule has 1 aromatic rings. The van der Waals surface area contributed by atoms with Gasteiger partial charge in [-0.25, -0.2) is 0 Å². The maximum Gasteiger partial charge on any atom is 0.0426 e. The summed E-state index contributed by atoms with van der Waals surface area (Å²) in [6, 6.07) is 6.98. The van der Waals surface area contributed by atoms with Crippen LogP contribution in [0.1, 0.15) is 62.1 Å². The van der Waals surface area contributed by atoms with E-state index >= 15 is 0 Å². The molecule has 0 N–H and O–H groups in total. The lowest BCUT2D eigenvalue weighted by Crippen LogP contribution is -2.08. The predicted molar refractivity (Wildman–Crippen MR) is 80.9 cm³/mol. The Morgan fingerprint density at radius 2 is 1.65 bits per heavy atom. The van der Waals surface area contributed by atoms with E-state index in [1.807, 2.05) is 0 Å². The highest BCUT2D eigenvalue weighted by molar-refractivity contribution is 9.09. The zero-order valence-electron chi connectivity index (χ0n) is 11.6. The van der Waals surface area contributed by atoms with Gasteiger partial charge in [-0.1, -0.05) is 74.7 Å². The predicted octanol–water partition coefficient (Wildman–Crippen LogP) is 5.68. The fourth-order valence-electron chi connectivity index (χ4n) is 2.40. The Morgan fingerprint density at radius 1 is 1.00 bits per heavy atom. The molecule has 1 atom stereocenters. The van der Waals surface area contributed by atoms with Crippen LogP contribution in [-0.4, -0.2) is 0 Å². The SMILES string of the molecule is CCc1ccc(CC)c(C(Br)C(CC)CC)c1. The summed E-state index contributed by atoms with van der Waals surface area (Å²) in [5.74, 6) is 0.743. The van der Waals surface area contributed by atoms with Gasteiger partial charge in [-0.2, -0.15) is 0 Å². The van der Waals surface area contributed by atoms with E-state index in [9.17, 15) is 0 Å². The number of alkyl halides is 1. The number of rotatable bonds is 6. The Balaban J connectivity index is 3.08. The van der Waals surface area contributed by atoms with Crippen molar-refractivity contribution in [2.24, 2.45) is 5.92 Å². The highest BCUT2D eigenvalue weighted by atomic mass is 79.9. The van der Waals surface area contributed by atoms with Gasteiger partial charge >= 0.3 is 0 Å². The van der Waals surface area contributed by atoms with E-state index in [1.54, 1.807) is 0 Å². The van der Waals surface area contributed by atoms with E-state index in [-0.39, 0.29) is 0 Å². The summed E-state index contributed by atoms with van der Waals surface area (Å²) in [5, 5.41) is 0. The van der Waals surface area contributed by atoms with Gasteiger partial charge < -0.3 is 0 Å². The second-order valence-corrected chi connectivity index (χ2v) is 5.71. The van der Waals surface area contributed by atoms with E-state index in [4.69, 9.17) is 0 Å². The zero-order valence-corrected chi connectivity index (χ0v) is 13.2. The summed E-state index contributed by atoms with van der Waals surface area (Å²) in [6.07, 6.45) is 4.74. The largest absolute Gasteiger partial charge is 0.0836 e. The van der Waals surface area contributed by atoms with Gasteiger partial charge in [0.05, 0.1) is 0 Å². The Bertz CT molecular complexity index is 339. The molecule has 0 aliphatic carbocycles. The third-order valence-electron chi connectivity index (χ3n) is 3.76. The Kier molecular flexibility index (Phi) is 6.26. The van der Waals surface area contributed by atoms with E-state index in [1.165, 1.54) is 29.5 Å². The molecule has 17 heavy (non-hydrogen) atoms. The van der Waals surface area contributed by atoms with Crippen LogP contribution >= 0.6 is 15.9 Å². The van der Waals surface area contributed by atoms with Crippen LogP contribution in [0.3, 0.4) is 0 Å². The monoisotopic (exact) mass is 296 g/mol. The lowest BCUT2D eigenvalue weighted by atomic mass is 9.89. The second kappa shape index (κ2) is 7.20. The third-order valence-corrected chi connectivity index (χ3v) is 5.00. The molecule has 0 amide bonds. The van der Waals surface area contributed by atoms with Crippen LogP contribution in [0.25, 0.3) is 0 Å². The van der Waals surface area contributed by atoms with Crippen molar-refractivity contribution >= 4 is 15.9 Å². The average Bonchev–Trinajstić information content (AvgIpc) is 2.39. The zero-order chi connectivity index (χ0) is 12.8. The maximum atomic E-state index is 3.93. The molecule has 0 aliphatic heterocycles. The number of halogens is 1. The van der Waals surface area contributed by atoms with Crippen molar-refractivity contribution in [1.82, 2.24) is 0 Å². The summed E-state index contributed by atoms with van der Waals surface area (Å²) < 4.78 is 0. The fraction of sp³-hybridized carbons (Fsp3) is 0.625. The van der Waals surface area contributed by atoms with Crippen molar-refractivity contribution in [1.29, 1.82) is 0 Å². The first-order valence-corrected chi connectivity index (χ1v) is 7.85. The van der Waals surface area contributed by atoms with Gasteiger partial charge in [0.25, 0.3) is 0 Å². The van der Waals surface area contributed by atoms with Crippen molar-refractivity contribution in [3.8, 4) is 0 Å². The summed E-state index contributed by atoms with van der Waals surface area (Å²) >= 11 is 3.93. The fourth-order valence-corrected chi connectivity index (χ4v) is 3.57. The molecule has 0 radical (unpaired) electrons. The first-order valence-electron chi connectivity index (χ1n) is 6.93. The molecule has 0 heterocycles. The summed E-state index contributed by atoms with van der Waals surface area (Å²) in [4.78, 5) is 0.513. The summed E-state index contributed by atoms with van der Waals surface area (Å²) in [6.45, 7) is 9.05. The number of benzene rings is 1. The van der Waals surface area contributed by atoms with E-state index in [0.717, 1.165) is 18.8 Å². The molecule has 1 heteroatoms. The van der Waals surface area contributed by atoms with Crippen molar-refractivity contribution < 1.29 is 0 Å². The molecule has 0 fully saturated rings. The topological polar surface area (TPSA) is 0 Å². The first-order chi connectivity index (χ1) is 8.17. The van der Waals surface area contributed by atoms with E-state index < -0.39 is 0 Å². The molecule has 1 rings (SSSR count). The second-order valence-electron chi connectivity index (χ2n) is 4.72. The average molecular weight is 297 g/mol. The van der Waals surface area contributed by atoms with Gasteiger partial charge in [-0.15, -0.1) is 0 Å². The van der Waals surface area contributed by atoms with Crippen LogP contribution in [0.2, 0.25) is 0 Å². The summed E-state index contributed by atoms with van der Waals surface area (Å²) in [5.41, 5.74) is 4.46. The van der Waals surface area contributed by atoms with Crippen LogP contribution in [0.5, 0.6) is 0 Å². The number of hydrogen-bond acceptors (Lipinski definition) is 0. The highest BCUT2D eigenvalue weighted by Crippen LogP contribution is 2.37. The lowest BCUT2D eigenvalue weighted by Gasteiger charge is -2.23. The van der Waals surface area contributed by atoms with Crippen molar-refractivity contribution in [2.75, 3.05) is 0 Å². The molecule has 0 aromatic heterocycles. The third kappa shape index (κ3) is 3.58. The van der Waals surface area contributed by atoms with Gasteiger partial charge in [-0.3, -0.25) is 0 Å². The standard InChI is InChI=1S/C16H25Br/c1-5-12-9-10-14(8-4)15(11-12)16(17)13(6-2)7-3/h9-11,13,16H,5-8H2,1-4H3. The molecule has 1 unspecified atom stereocenters. The molecular weight excluding hydrogens is 272 g/mol. The van der Waals surface area contributed by atoms with Crippen LogP contribution in [0, 0.1) is 5.92 Å². The molecule has 96 valence electrons. The number of aryl methyl sites for hydroxylation is 2. The minimum atomic E-state index is 0.513. The molecule has 0 nitrogen and oxygen atoms in total. The molecular formula is C16H25Br. The lowest BCUT2D eigenvalue weighted by molar-refractivity contribution is 0.485. The molecule has 0 bridgehead atoms. The Morgan fingerprint density at radius 3 is 2.12 bits per heavy atom. The van der Waals surface area contributed by atoms with E-state index in [2.05, 4.69) is 61.8 Å². The first kappa shape index (κ1) is 14.8. The van der Waals surface area contributed by atoms with Gasteiger partial charge in [0, 0.05) is 4.83 Å². The minimum absolute atomic E-state index is 0.513. The number of hydrogen-bond donors (Lipinski definition) is 0. The van der Waals surface area contributed by atoms with Gasteiger partial charge in [0.2, 0.25) is 0 Å². The van der Waals surface area contributed by atoms with Crippen LogP contribution in [0.15, 0.2) is 18.2 Å². The van der Waals surface area contributed by atoms with E-state index in [0.29, 0.717) is 4.83 Å². The Labute approximate surface area is 115 Å². The quantitative estimate of drug-likeness (QED) is 0.592. The van der Waals surface area contributed by atoms with Crippen LogP contribution < -0.4 is 0 Å². The molecule has 0 aliphatic rings. The smallest absolute Gasteiger partial charge is 0.0426 e. The van der Waals surface area contributed by atoms with Gasteiger partial charge in [0.15, 0.2) is 0 Å². The van der Waals surface area contributed by atoms with Crippen molar-refractivity contribution in [3.05, 3.63) is 34.9 Å².